The molecule has 6 nitrogen and oxygen atoms in total. The van der Waals surface area contributed by atoms with Crippen molar-refractivity contribution < 1.29 is 17.9 Å². The van der Waals surface area contributed by atoms with E-state index in [-0.39, 0.29) is 0 Å². The molecule has 25 heavy (non-hydrogen) atoms. The Bertz CT molecular complexity index is 851. The second-order valence-corrected chi connectivity index (χ2v) is 7.83. The average molecular weight is 362 g/mol. The molecule has 0 aliphatic rings. The van der Waals surface area contributed by atoms with Crippen molar-refractivity contribution in [2.75, 3.05) is 25.7 Å². The second kappa shape index (κ2) is 7.67. The number of amides is 1. The molecule has 0 spiro atoms. The van der Waals surface area contributed by atoms with Gasteiger partial charge in [-0.1, -0.05) is 36.4 Å². The van der Waals surface area contributed by atoms with Gasteiger partial charge < -0.3 is 10.1 Å². The maximum absolute atomic E-state index is 12.9. The number of methoxy groups -OCH3 is 1. The Morgan fingerprint density at radius 1 is 1.16 bits per heavy atom. The number of carbonyl (C=O) groups excluding carboxylic acids is 1. The van der Waals surface area contributed by atoms with E-state index in [1.165, 1.54) is 14.2 Å². The lowest BCUT2D eigenvalue weighted by Gasteiger charge is -2.26. The molecule has 0 aliphatic carbocycles. The summed E-state index contributed by atoms with van der Waals surface area (Å²) in [7, 11) is -0.670. The van der Waals surface area contributed by atoms with Gasteiger partial charge in [-0.15, -0.1) is 0 Å². The monoisotopic (exact) mass is 362 g/mol. The van der Waals surface area contributed by atoms with Crippen LogP contribution in [0.1, 0.15) is 17.2 Å². The molecule has 1 unspecified atom stereocenters. The van der Waals surface area contributed by atoms with E-state index in [4.69, 9.17) is 4.74 Å². The summed E-state index contributed by atoms with van der Waals surface area (Å²) in [5.74, 6) is 0.0517. The highest BCUT2D eigenvalue weighted by atomic mass is 32.2. The number of sulfonamides is 1. The van der Waals surface area contributed by atoms with E-state index in [1.54, 1.807) is 36.4 Å². The highest BCUT2D eigenvalue weighted by Gasteiger charge is 2.31. The molecule has 2 aromatic carbocycles. The molecule has 2 rings (SSSR count). The summed E-state index contributed by atoms with van der Waals surface area (Å²) in [6.45, 7) is 1.90. The summed E-state index contributed by atoms with van der Waals surface area (Å²) < 4.78 is 30.3. The minimum absolute atomic E-state index is 0.456. The van der Waals surface area contributed by atoms with Crippen molar-refractivity contribution in [2.24, 2.45) is 0 Å². The van der Waals surface area contributed by atoms with Crippen LogP contribution < -0.4 is 10.1 Å². The molecule has 0 fully saturated rings. The van der Waals surface area contributed by atoms with Gasteiger partial charge in [0.25, 0.3) is 0 Å². The largest absolute Gasteiger partial charge is 0.495 e. The van der Waals surface area contributed by atoms with E-state index in [1.807, 2.05) is 19.1 Å². The zero-order valence-electron chi connectivity index (χ0n) is 14.7. The Morgan fingerprint density at radius 3 is 2.36 bits per heavy atom. The highest BCUT2D eigenvalue weighted by molar-refractivity contribution is 7.88. The Kier molecular flexibility index (Phi) is 5.81. The van der Waals surface area contributed by atoms with Gasteiger partial charge in [-0.3, -0.25) is 4.79 Å². The Hall–Kier alpha value is -2.38. The highest BCUT2D eigenvalue weighted by Crippen LogP contribution is 2.28. The molecule has 1 atom stereocenters. The van der Waals surface area contributed by atoms with Gasteiger partial charge >= 0.3 is 0 Å². The normalized spacial score (nSPS) is 12.7. The number of anilines is 1. The minimum Gasteiger partial charge on any atom is -0.495 e. The zero-order valence-corrected chi connectivity index (χ0v) is 15.5. The lowest BCUT2D eigenvalue weighted by molar-refractivity contribution is -0.119. The maximum Gasteiger partial charge on any atom is 0.247 e. The number of aryl methyl sites for hydroxylation is 1. The summed E-state index contributed by atoms with van der Waals surface area (Å²) in [6, 6.07) is 13.2. The lowest BCUT2D eigenvalue weighted by Crippen LogP contribution is -2.38. The van der Waals surface area contributed by atoms with E-state index in [2.05, 4.69) is 5.32 Å². The number of nitrogens with one attached hydrogen (secondary N) is 1. The van der Waals surface area contributed by atoms with Crippen molar-refractivity contribution in [2.45, 2.75) is 13.0 Å². The fraction of sp³-hybridized carbons (Fsp3) is 0.278. The molecule has 0 bridgehead atoms. The summed E-state index contributed by atoms with van der Waals surface area (Å²) >= 11 is 0. The van der Waals surface area contributed by atoms with Crippen LogP contribution >= 0.6 is 0 Å². The Labute approximate surface area is 148 Å². The number of rotatable bonds is 6. The van der Waals surface area contributed by atoms with Crippen LogP contribution in [0.2, 0.25) is 0 Å². The number of ether oxygens (including phenoxy) is 1. The number of likely N-dealkylation sites (N-methyl/N-ethyl adjacent to an activating group) is 1. The standard InChI is InChI=1S/C18H22N2O4S/c1-13-10-11-16(24-3)15(12-13)19-18(21)17(20(2)25(4,22)23)14-8-6-5-7-9-14/h5-12,17H,1-4H3,(H,19,21). The zero-order chi connectivity index (χ0) is 18.6. The molecule has 0 aromatic heterocycles. The van der Waals surface area contributed by atoms with Crippen molar-refractivity contribution in [3.05, 3.63) is 59.7 Å². The molecule has 0 heterocycles. The molecule has 0 saturated carbocycles. The van der Waals surface area contributed by atoms with E-state index < -0.39 is 22.0 Å². The summed E-state index contributed by atoms with van der Waals surface area (Å²) in [4.78, 5) is 12.9. The van der Waals surface area contributed by atoms with Crippen molar-refractivity contribution in [3.63, 3.8) is 0 Å². The molecule has 134 valence electrons. The van der Waals surface area contributed by atoms with Crippen LogP contribution in [0.3, 0.4) is 0 Å². The number of hydrogen-bond acceptors (Lipinski definition) is 4. The molecule has 0 aliphatic heterocycles. The van der Waals surface area contributed by atoms with Gasteiger partial charge in [0.05, 0.1) is 19.1 Å². The molecule has 0 radical (unpaired) electrons. The van der Waals surface area contributed by atoms with Gasteiger partial charge in [-0.05, 0) is 30.2 Å². The first kappa shape index (κ1) is 19.0. The van der Waals surface area contributed by atoms with Crippen LogP contribution in [-0.4, -0.2) is 39.0 Å². The Balaban J connectivity index is 2.42. The maximum atomic E-state index is 12.9. The van der Waals surface area contributed by atoms with Crippen molar-refractivity contribution in [1.29, 1.82) is 0 Å². The van der Waals surface area contributed by atoms with E-state index in [0.29, 0.717) is 17.0 Å². The van der Waals surface area contributed by atoms with Gasteiger partial charge in [0.15, 0.2) is 0 Å². The number of hydrogen-bond donors (Lipinski definition) is 1. The van der Waals surface area contributed by atoms with E-state index in [0.717, 1.165) is 16.1 Å². The summed E-state index contributed by atoms with van der Waals surface area (Å²) in [6.07, 6.45) is 1.07. The van der Waals surface area contributed by atoms with E-state index in [9.17, 15) is 13.2 Å². The fourth-order valence-corrected chi connectivity index (χ4v) is 3.07. The SMILES string of the molecule is COc1ccc(C)cc1NC(=O)C(c1ccccc1)N(C)S(C)(=O)=O. The Morgan fingerprint density at radius 2 is 1.80 bits per heavy atom. The first-order valence-electron chi connectivity index (χ1n) is 7.67. The van der Waals surface area contributed by atoms with Crippen molar-refractivity contribution in [3.8, 4) is 5.75 Å². The average Bonchev–Trinajstić information content (AvgIpc) is 2.55. The molecule has 2 aromatic rings. The van der Waals surface area contributed by atoms with Gasteiger partial charge in [-0.25, -0.2) is 8.42 Å². The molecule has 1 amide bonds. The second-order valence-electron chi connectivity index (χ2n) is 5.79. The predicted octanol–water partition coefficient (Wildman–Crippen LogP) is 2.57. The van der Waals surface area contributed by atoms with Crippen LogP contribution in [-0.2, 0) is 14.8 Å². The summed E-state index contributed by atoms with van der Waals surface area (Å²) in [5.41, 5.74) is 2.03. The van der Waals surface area contributed by atoms with Gasteiger partial charge in [-0.2, -0.15) is 4.31 Å². The van der Waals surface area contributed by atoms with Crippen LogP contribution in [0.15, 0.2) is 48.5 Å². The van der Waals surface area contributed by atoms with Crippen molar-refractivity contribution >= 4 is 21.6 Å². The fourth-order valence-electron chi connectivity index (χ4n) is 2.47. The third-order valence-electron chi connectivity index (χ3n) is 3.86. The van der Waals surface area contributed by atoms with Gasteiger partial charge in [0.2, 0.25) is 15.9 Å². The van der Waals surface area contributed by atoms with Crippen LogP contribution in [0.25, 0.3) is 0 Å². The third-order valence-corrected chi connectivity index (χ3v) is 5.12. The molecule has 0 saturated heterocycles. The topological polar surface area (TPSA) is 75.7 Å². The van der Waals surface area contributed by atoms with Crippen molar-refractivity contribution in [1.82, 2.24) is 4.31 Å². The van der Waals surface area contributed by atoms with Crippen LogP contribution in [0.5, 0.6) is 5.75 Å². The number of carbonyl (C=O) groups is 1. The molecule has 7 heteroatoms. The first-order valence-corrected chi connectivity index (χ1v) is 9.52. The van der Waals surface area contributed by atoms with Crippen LogP contribution in [0, 0.1) is 6.92 Å². The quantitative estimate of drug-likeness (QED) is 0.857. The smallest absolute Gasteiger partial charge is 0.247 e. The first-order chi connectivity index (χ1) is 11.7. The van der Waals surface area contributed by atoms with Gasteiger partial charge in [0.1, 0.15) is 11.8 Å². The third kappa shape index (κ3) is 4.58. The molecular formula is C18H22N2O4S. The molecular weight excluding hydrogens is 340 g/mol. The minimum atomic E-state index is -3.57. The van der Waals surface area contributed by atoms with Gasteiger partial charge in [0, 0.05) is 7.05 Å². The number of nitrogens with zero attached hydrogens (tertiary/aromatic N) is 1. The van der Waals surface area contributed by atoms with Crippen LogP contribution in [0.4, 0.5) is 5.69 Å². The molecule has 1 N–H and O–H groups in total. The predicted molar refractivity (Wildman–Crippen MR) is 98.2 cm³/mol. The lowest BCUT2D eigenvalue weighted by atomic mass is 10.1. The summed E-state index contributed by atoms with van der Waals surface area (Å²) in [5, 5.41) is 2.78. The number of benzene rings is 2. The van der Waals surface area contributed by atoms with E-state index >= 15 is 0 Å².